The summed E-state index contributed by atoms with van der Waals surface area (Å²) in [6, 6.07) is 13.0. The van der Waals surface area contributed by atoms with Gasteiger partial charge in [0.15, 0.2) is 0 Å². The third-order valence-electron chi connectivity index (χ3n) is 3.35. The first kappa shape index (κ1) is 14.3. The van der Waals surface area contributed by atoms with Crippen molar-refractivity contribution >= 4 is 0 Å². The molecule has 3 aromatic rings. The van der Waals surface area contributed by atoms with Gasteiger partial charge in [0.25, 0.3) is 0 Å². The molecule has 2 N–H and O–H groups in total. The van der Waals surface area contributed by atoms with Gasteiger partial charge in [-0.2, -0.15) is 5.10 Å². The fourth-order valence-electron chi connectivity index (χ4n) is 2.28. The highest BCUT2D eigenvalue weighted by molar-refractivity contribution is 5.27. The number of pyridine rings is 1. The highest BCUT2D eigenvalue weighted by atomic mass is 19.1. The average molecular weight is 297 g/mol. The molecule has 112 valence electrons. The molecule has 0 spiro atoms. The van der Waals surface area contributed by atoms with E-state index in [0.717, 1.165) is 23.5 Å². The van der Waals surface area contributed by atoms with E-state index in [1.807, 2.05) is 30.3 Å². The van der Waals surface area contributed by atoms with Gasteiger partial charge in [-0.3, -0.25) is 10.1 Å². The van der Waals surface area contributed by atoms with Crippen molar-refractivity contribution in [3.63, 3.8) is 0 Å². The first-order valence-corrected chi connectivity index (χ1v) is 7.07. The Kier molecular flexibility index (Phi) is 4.50. The van der Waals surface area contributed by atoms with Crippen LogP contribution in [0.3, 0.4) is 0 Å². The summed E-state index contributed by atoms with van der Waals surface area (Å²) in [6.07, 6.45) is 3.46. The third kappa shape index (κ3) is 3.53. The maximum atomic E-state index is 13.1. The van der Waals surface area contributed by atoms with E-state index in [0.29, 0.717) is 6.54 Å². The number of hydrogen-bond acceptors (Lipinski definition) is 4. The Balaban J connectivity index is 1.75. The first-order chi connectivity index (χ1) is 10.8. The second-order valence-corrected chi connectivity index (χ2v) is 4.88. The molecule has 2 aromatic heterocycles. The van der Waals surface area contributed by atoms with E-state index in [1.54, 1.807) is 6.07 Å². The van der Waals surface area contributed by atoms with Crippen molar-refractivity contribution in [2.75, 3.05) is 6.54 Å². The average Bonchev–Trinajstić information content (AvgIpc) is 3.07. The molecule has 3 rings (SSSR count). The molecule has 1 aromatic carbocycles. The molecule has 0 bridgehead atoms. The molecule has 0 amide bonds. The van der Waals surface area contributed by atoms with Crippen molar-refractivity contribution in [1.29, 1.82) is 0 Å². The van der Waals surface area contributed by atoms with Gasteiger partial charge >= 0.3 is 0 Å². The van der Waals surface area contributed by atoms with Crippen LogP contribution in [0, 0.1) is 5.82 Å². The fraction of sp³-hybridized carbons (Fsp3) is 0.188. The molecule has 0 unspecified atom stereocenters. The first-order valence-electron chi connectivity index (χ1n) is 7.07. The number of aromatic amines is 1. The van der Waals surface area contributed by atoms with Gasteiger partial charge in [-0.05, 0) is 17.7 Å². The molecule has 2 heterocycles. The number of rotatable bonds is 6. The molecule has 5 nitrogen and oxygen atoms in total. The lowest BCUT2D eigenvalue weighted by atomic mass is 10.0. The van der Waals surface area contributed by atoms with Gasteiger partial charge in [0, 0.05) is 13.0 Å². The van der Waals surface area contributed by atoms with Crippen LogP contribution in [0.1, 0.15) is 23.1 Å². The van der Waals surface area contributed by atoms with Gasteiger partial charge in [0.05, 0.1) is 17.9 Å². The summed E-state index contributed by atoms with van der Waals surface area (Å²) in [5.41, 5.74) is 1.87. The maximum absolute atomic E-state index is 13.1. The van der Waals surface area contributed by atoms with E-state index in [-0.39, 0.29) is 11.9 Å². The van der Waals surface area contributed by atoms with Crippen molar-refractivity contribution in [3.05, 3.63) is 77.9 Å². The summed E-state index contributed by atoms with van der Waals surface area (Å²) in [5.74, 6) is 0.489. The summed E-state index contributed by atoms with van der Waals surface area (Å²) in [5, 5.41) is 10.1. The van der Waals surface area contributed by atoms with Gasteiger partial charge < -0.3 is 5.32 Å². The molecule has 0 saturated carbocycles. The number of nitrogens with one attached hydrogen (secondary N) is 2. The van der Waals surface area contributed by atoms with E-state index >= 15 is 0 Å². The predicted molar refractivity (Wildman–Crippen MR) is 80.6 cm³/mol. The molecule has 0 aliphatic carbocycles. The Morgan fingerprint density at radius 2 is 1.95 bits per heavy atom. The summed E-state index contributed by atoms with van der Waals surface area (Å²) >= 11 is 0. The zero-order chi connectivity index (χ0) is 15.2. The molecule has 0 fully saturated rings. The Morgan fingerprint density at radius 1 is 1.09 bits per heavy atom. The topological polar surface area (TPSA) is 66.5 Å². The van der Waals surface area contributed by atoms with Gasteiger partial charge in [0.1, 0.15) is 18.0 Å². The summed E-state index contributed by atoms with van der Waals surface area (Å²) < 4.78 is 13.1. The second-order valence-electron chi connectivity index (χ2n) is 4.88. The van der Waals surface area contributed by atoms with Gasteiger partial charge in [0.2, 0.25) is 0 Å². The van der Waals surface area contributed by atoms with Crippen LogP contribution in [0.15, 0.2) is 55.0 Å². The maximum Gasteiger partial charge on any atom is 0.141 e. The smallest absolute Gasteiger partial charge is 0.141 e. The van der Waals surface area contributed by atoms with E-state index in [2.05, 4.69) is 25.5 Å². The highest BCUT2D eigenvalue weighted by Crippen LogP contribution is 2.20. The minimum absolute atomic E-state index is 0.0929. The molecule has 22 heavy (non-hydrogen) atoms. The van der Waals surface area contributed by atoms with Gasteiger partial charge in [-0.25, -0.2) is 9.37 Å². The molecule has 1 atom stereocenters. The Morgan fingerprint density at radius 3 is 2.64 bits per heavy atom. The lowest BCUT2D eigenvalue weighted by Gasteiger charge is -2.18. The van der Waals surface area contributed by atoms with Crippen LogP contribution in [-0.2, 0) is 6.42 Å². The number of halogens is 1. The molecule has 0 radical (unpaired) electrons. The zero-order valence-electron chi connectivity index (χ0n) is 11.9. The summed E-state index contributed by atoms with van der Waals surface area (Å²) in [6.45, 7) is 0.702. The molecule has 0 aliphatic rings. The Hall–Kier alpha value is -2.60. The number of nitrogens with zero attached hydrogens (tertiary/aromatic N) is 3. The summed E-state index contributed by atoms with van der Waals surface area (Å²) in [7, 11) is 0. The second kappa shape index (κ2) is 6.91. The highest BCUT2D eigenvalue weighted by Gasteiger charge is 2.14. The quantitative estimate of drug-likeness (QED) is 0.732. The number of aromatic nitrogens is 4. The Bertz CT molecular complexity index is 682. The number of hydrogen-bond donors (Lipinski definition) is 2. The third-order valence-corrected chi connectivity index (χ3v) is 3.35. The van der Waals surface area contributed by atoms with Crippen LogP contribution in [-0.4, -0.2) is 26.7 Å². The summed E-state index contributed by atoms with van der Waals surface area (Å²) in [4.78, 5) is 8.30. The largest absolute Gasteiger partial charge is 0.305 e. The molecule has 0 aliphatic heterocycles. The standard InChI is InChI=1S/C16H16FN5/c17-13-6-7-14(19-10-13)16(12-4-2-1-3-5-12)18-9-8-15-20-11-21-22-15/h1-7,10-11,16,18H,8-9H2,(H,20,21,22)/t16-/m1/s1. The van der Waals surface area contributed by atoms with Crippen molar-refractivity contribution in [2.24, 2.45) is 0 Å². The van der Waals surface area contributed by atoms with Gasteiger partial charge in [-0.1, -0.05) is 30.3 Å². The van der Waals surface area contributed by atoms with Crippen molar-refractivity contribution in [2.45, 2.75) is 12.5 Å². The number of benzene rings is 1. The monoisotopic (exact) mass is 297 g/mol. The van der Waals surface area contributed by atoms with Crippen LogP contribution in [0.4, 0.5) is 4.39 Å². The van der Waals surface area contributed by atoms with Crippen LogP contribution < -0.4 is 5.32 Å². The van der Waals surface area contributed by atoms with Crippen LogP contribution in [0.2, 0.25) is 0 Å². The zero-order valence-corrected chi connectivity index (χ0v) is 11.9. The molecule has 6 heteroatoms. The molecular weight excluding hydrogens is 281 g/mol. The Labute approximate surface area is 127 Å². The lowest BCUT2D eigenvalue weighted by molar-refractivity contribution is 0.576. The normalized spacial score (nSPS) is 12.2. The van der Waals surface area contributed by atoms with Crippen LogP contribution in [0.5, 0.6) is 0 Å². The minimum Gasteiger partial charge on any atom is -0.305 e. The van der Waals surface area contributed by atoms with Crippen molar-refractivity contribution < 1.29 is 4.39 Å². The van der Waals surface area contributed by atoms with Crippen molar-refractivity contribution in [3.8, 4) is 0 Å². The number of H-pyrrole nitrogens is 1. The van der Waals surface area contributed by atoms with E-state index < -0.39 is 0 Å². The fourth-order valence-corrected chi connectivity index (χ4v) is 2.28. The van der Waals surface area contributed by atoms with Crippen LogP contribution >= 0.6 is 0 Å². The van der Waals surface area contributed by atoms with Gasteiger partial charge in [-0.15, -0.1) is 0 Å². The molecular formula is C16H16FN5. The SMILES string of the molecule is Fc1ccc([C@H](NCCc2ncn[nH]2)c2ccccc2)nc1. The van der Waals surface area contributed by atoms with Crippen molar-refractivity contribution in [1.82, 2.24) is 25.5 Å². The van der Waals surface area contributed by atoms with E-state index in [4.69, 9.17) is 0 Å². The molecule has 0 saturated heterocycles. The van der Waals surface area contributed by atoms with E-state index in [9.17, 15) is 4.39 Å². The predicted octanol–water partition coefficient (Wildman–Crippen LogP) is 2.26. The van der Waals surface area contributed by atoms with E-state index in [1.165, 1.54) is 18.6 Å². The minimum atomic E-state index is -0.336. The lowest BCUT2D eigenvalue weighted by Crippen LogP contribution is -2.25. The van der Waals surface area contributed by atoms with Crippen LogP contribution in [0.25, 0.3) is 0 Å².